The van der Waals surface area contributed by atoms with E-state index in [4.69, 9.17) is 33.7 Å². The predicted molar refractivity (Wildman–Crippen MR) is 126 cm³/mol. The maximum absolute atomic E-state index is 12.8. The van der Waals surface area contributed by atoms with E-state index in [1.54, 1.807) is 36.4 Å². The van der Waals surface area contributed by atoms with Gasteiger partial charge in [-0.15, -0.1) is 0 Å². The first-order valence-electron chi connectivity index (χ1n) is 10.1. The van der Waals surface area contributed by atoms with Gasteiger partial charge in [-0.25, -0.2) is 0 Å². The number of ketones is 1. The van der Waals surface area contributed by atoms with Crippen LogP contribution in [-0.4, -0.2) is 41.5 Å². The standard InChI is InChI=1S/C24H26Cl2N2O3/c1-2-11-31-24-14-23(30)20(12-17(24)15-28-9-7-19(27)8-10-28)22(29)6-4-16-3-5-18(25)13-21(16)26/h2-6,12-14,19,30H,1,7-11,15,27H2/b6-4+. The molecule has 7 heteroatoms. The van der Waals surface area contributed by atoms with Crippen LogP contribution in [0.4, 0.5) is 0 Å². The van der Waals surface area contributed by atoms with Crippen molar-refractivity contribution in [3.05, 3.63) is 75.8 Å². The van der Waals surface area contributed by atoms with Gasteiger partial charge in [0, 0.05) is 34.3 Å². The molecule has 5 nitrogen and oxygen atoms in total. The molecule has 1 aliphatic rings. The maximum Gasteiger partial charge on any atom is 0.189 e. The van der Waals surface area contributed by atoms with E-state index in [1.165, 1.54) is 12.1 Å². The van der Waals surface area contributed by atoms with Crippen LogP contribution >= 0.6 is 23.2 Å². The van der Waals surface area contributed by atoms with Crippen LogP contribution in [0, 0.1) is 0 Å². The molecule has 164 valence electrons. The Morgan fingerprint density at radius 1 is 1.26 bits per heavy atom. The number of rotatable bonds is 8. The van der Waals surface area contributed by atoms with E-state index in [0.717, 1.165) is 31.5 Å². The summed E-state index contributed by atoms with van der Waals surface area (Å²) in [6.07, 6.45) is 6.49. The number of carbonyl (C=O) groups excluding carboxylic acids is 1. The lowest BCUT2D eigenvalue weighted by Gasteiger charge is -2.30. The van der Waals surface area contributed by atoms with Gasteiger partial charge in [0.1, 0.15) is 18.1 Å². The van der Waals surface area contributed by atoms with E-state index in [1.807, 2.05) is 0 Å². The van der Waals surface area contributed by atoms with Gasteiger partial charge in [-0.3, -0.25) is 9.69 Å². The van der Waals surface area contributed by atoms with Crippen molar-refractivity contribution in [1.82, 2.24) is 4.90 Å². The number of piperidine rings is 1. The smallest absolute Gasteiger partial charge is 0.189 e. The molecule has 2 aromatic rings. The number of ether oxygens (including phenoxy) is 1. The van der Waals surface area contributed by atoms with Crippen molar-refractivity contribution in [2.24, 2.45) is 5.73 Å². The lowest BCUT2D eigenvalue weighted by molar-refractivity contribution is 0.104. The summed E-state index contributed by atoms with van der Waals surface area (Å²) < 4.78 is 5.73. The van der Waals surface area contributed by atoms with Gasteiger partial charge in [0.15, 0.2) is 5.78 Å². The largest absolute Gasteiger partial charge is 0.507 e. The molecule has 0 aliphatic carbocycles. The number of hydrogen-bond acceptors (Lipinski definition) is 5. The molecule has 31 heavy (non-hydrogen) atoms. The fourth-order valence-electron chi connectivity index (χ4n) is 3.46. The Balaban J connectivity index is 1.85. The van der Waals surface area contributed by atoms with Crippen LogP contribution < -0.4 is 10.5 Å². The second-order valence-electron chi connectivity index (χ2n) is 7.55. The molecule has 2 aromatic carbocycles. The van der Waals surface area contributed by atoms with E-state index < -0.39 is 0 Å². The molecule has 1 saturated heterocycles. The number of carbonyl (C=O) groups is 1. The summed E-state index contributed by atoms with van der Waals surface area (Å²) in [6.45, 7) is 6.33. The number of nitrogens with zero attached hydrogens (tertiary/aromatic N) is 1. The average Bonchev–Trinajstić information content (AvgIpc) is 2.74. The predicted octanol–water partition coefficient (Wildman–Crippen LogP) is 5.08. The van der Waals surface area contributed by atoms with Crippen molar-refractivity contribution >= 4 is 35.1 Å². The molecule has 1 aliphatic heterocycles. The van der Waals surface area contributed by atoms with Crippen molar-refractivity contribution in [2.45, 2.75) is 25.4 Å². The lowest BCUT2D eigenvalue weighted by Crippen LogP contribution is -2.39. The minimum atomic E-state index is -0.333. The summed E-state index contributed by atoms with van der Waals surface area (Å²) in [5.41, 5.74) is 7.70. The van der Waals surface area contributed by atoms with Crippen LogP contribution in [0.5, 0.6) is 11.5 Å². The molecule has 0 atom stereocenters. The zero-order valence-corrected chi connectivity index (χ0v) is 18.7. The number of halogens is 2. The van der Waals surface area contributed by atoms with Gasteiger partial charge < -0.3 is 15.6 Å². The topological polar surface area (TPSA) is 75.8 Å². The van der Waals surface area contributed by atoms with Crippen LogP contribution in [0.2, 0.25) is 10.0 Å². The van der Waals surface area contributed by atoms with E-state index in [0.29, 0.717) is 34.5 Å². The van der Waals surface area contributed by atoms with Crippen molar-refractivity contribution in [2.75, 3.05) is 19.7 Å². The van der Waals surface area contributed by atoms with E-state index in [9.17, 15) is 9.90 Å². The molecule has 3 N–H and O–H groups in total. The van der Waals surface area contributed by atoms with Gasteiger partial charge >= 0.3 is 0 Å². The molecule has 1 fully saturated rings. The van der Waals surface area contributed by atoms with Crippen LogP contribution in [0.3, 0.4) is 0 Å². The Hall–Kier alpha value is -2.31. The Labute approximate surface area is 192 Å². The molecule has 0 spiro atoms. The Morgan fingerprint density at radius 3 is 2.68 bits per heavy atom. The highest BCUT2D eigenvalue weighted by Gasteiger charge is 2.20. The molecule has 1 heterocycles. The average molecular weight is 461 g/mol. The van der Waals surface area contributed by atoms with Gasteiger partial charge in [-0.05, 0) is 61.8 Å². The Bertz CT molecular complexity index is 983. The van der Waals surface area contributed by atoms with Crippen LogP contribution in [-0.2, 0) is 6.54 Å². The highest BCUT2D eigenvalue weighted by Crippen LogP contribution is 2.31. The quantitative estimate of drug-likeness (QED) is 0.326. The van der Waals surface area contributed by atoms with Gasteiger partial charge in [0.05, 0.1) is 5.56 Å². The first-order valence-corrected chi connectivity index (χ1v) is 10.9. The van der Waals surface area contributed by atoms with Crippen LogP contribution in [0.1, 0.15) is 34.3 Å². The fourth-order valence-corrected chi connectivity index (χ4v) is 3.93. The number of hydrogen-bond donors (Lipinski definition) is 2. The highest BCUT2D eigenvalue weighted by atomic mass is 35.5. The van der Waals surface area contributed by atoms with E-state index >= 15 is 0 Å². The number of phenolic OH excluding ortho intramolecular Hbond substituents is 1. The first-order chi connectivity index (χ1) is 14.9. The Kier molecular flexibility index (Phi) is 8.15. The van der Waals surface area contributed by atoms with Gasteiger partial charge in [0.2, 0.25) is 0 Å². The summed E-state index contributed by atoms with van der Waals surface area (Å²) in [4.78, 5) is 15.1. The molecular formula is C24H26Cl2N2O3. The van der Waals surface area contributed by atoms with Gasteiger partial charge in [-0.2, -0.15) is 0 Å². The fraction of sp³-hybridized carbons (Fsp3) is 0.292. The summed E-state index contributed by atoms with van der Waals surface area (Å²) in [6, 6.07) is 8.45. The molecule has 0 saturated carbocycles. The summed E-state index contributed by atoms with van der Waals surface area (Å²) in [7, 11) is 0. The molecule has 0 radical (unpaired) electrons. The minimum absolute atomic E-state index is 0.139. The second kappa shape index (κ2) is 10.8. The van der Waals surface area contributed by atoms with Crippen molar-refractivity contribution in [3.8, 4) is 11.5 Å². The highest BCUT2D eigenvalue weighted by molar-refractivity contribution is 6.35. The number of benzene rings is 2. The number of likely N-dealkylation sites (tertiary alicyclic amines) is 1. The number of nitrogens with two attached hydrogens (primary N) is 1. The number of phenols is 1. The number of allylic oxidation sites excluding steroid dienone is 1. The molecular weight excluding hydrogens is 435 g/mol. The van der Waals surface area contributed by atoms with Crippen LogP contribution in [0.25, 0.3) is 6.08 Å². The number of aromatic hydroxyl groups is 1. The van der Waals surface area contributed by atoms with Crippen molar-refractivity contribution < 1.29 is 14.6 Å². The SMILES string of the molecule is C=CCOc1cc(O)c(C(=O)/C=C/c2ccc(Cl)cc2Cl)cc1CN1CCC(N)CC1. The van der Waals surface area contributed by atoms with Gasteiger partial charge in [0.25, 0.3) is 0 Å². The zero-order valence-electron chi connectivity index (χ0n) is 17.2. The van der Waals surface area contributed by atoms with Crippen molar-refractivity contribution in [3.63, 3.8) is 0 Å². The second-order valence-corrected chi connectivity index (χ2v) is 8.40. The third-order valence-corrected chi connectivity index (χ3v) is 5.77. The first kappa shape index (κ1) is 23.4. The summed E-state index contributed by atoms with van der Waals surface area (Å²) in [5.74, 6) is 0.0644. The molecule has 3 rings (SSSR count). The minimum Gasteiger partial charge on any atom is -0.507 e. The molecule has 0 bridgehead atoms. The maximum atomic E-state index is 12.8. The lowest BCUT2D eigenvalue weighted by atomic mass is 10.0. The van der Waals surface area contributed by atoms with Crippen LogP contribution in [0.15, 0.2) is 49.1 Å². The van der Waals surface area contributed by atoms with Gasteiger partial charge in [-0.1, -0.05) is 41.9 Å². The summed E-state index contributed by atoms with van der Waals surface area (Å²) in [5, 5.41) is 11.4. The zero-order chi connectivity index (χ0) is 22.4. The third-order valence-electron chi connectivity index (χ3n) is 5.20. The Morgan fingerprint density at radius 2 is 2.00 bits per heavy atom. The molecule has 0 unspecified atom stereocenters. The van der Waals surface area contributed by atoms with E-state index in [-0.39, 0.29) is 23.1 Å². The van der Waals surface area contributed by atoms with E-state index in [2.05, 4.69) is 11.5 Å². The normalized spacial score (nSPS) is 15.3. The summed E-state index contributed by atoms with van der Waals surface area (Å²) >= 11 is 12.1. The van der Waals surface area contributed by atoms with Crippen molar-refractivity contribution in [1.29, 1.82) is 0 Å². The molecule has 0 amide bonds. The monoisotopic (exact) mass is 460 g/mol. The molecule has 0 aromatic heterocycles. The third kappa shape index (κ3) is 6.34.